The summed E-state index contributed by atoms with van der Waals surface area (Å²) in [6.45, 7) is 8.64. The number of anilines is 2. The highest BCUT2D eigenvalue weighted by atomic mass is 35.5. The minimum Gasteiger partial charge on any atom is -0.538 e. The summed E-state index contributed by atoms with van der Waals surface area (Å²) in [6, 6.07) is 11.3. The van der Waals surface area contributed by atoms with Crippen LogP contribution in [-0.4, -0.2) is 76.9 Å². The Morgan fingerprint density at radius 3 is 1.85 bits per heavy atom. The molecule has 0 spiro atoms. The molecule has 2 aliphatic heterocycles. The fourth-order valence-electron chi connectivity index (χ4n) is 7.22. The molecule has 1 aliphatic carbocycles. The van der Waals surface area contributed by atoms with Crippen molar-refractivity contribution < 1.29 is 37.3 Å². The number of hydrogen-bond donors (Lipinski definition) is 1. The second kappa shape index (κ2) is 16.4. The molecule has 3 aromatic rings. The van der Waals surface area contributed by atoms with E-state index in [1.54, 1.807) is 12.1 Å². The maximum atomic E-state index is 16.9. The van der Waals surface area contributed by atoms with E-state index in [9.17, 15) is 14.7 Å². The van der Waals surface area contributed by atoms with Gasteiger partial charge in [0.15, 0.2) is 17.5 Å². The van der Waals surface area contributed by atoms with Gasteiger partial charge in [0.05, 0.1) is 47.8 Å². The van der Waals surface area contributed by atoms with Crippen molar-refractivity contribution in [1.29, 1.82) is 0 Å². The number of nitrogens with zero attached hydrogens (tertiary/aromatic N) is 2. The van der Waals surface area contributed by atoms with E-state index in [2.05, 4.69) is 15.1 Å². The highest BCUT2D eigenvalue weighted by molar-refractivity contribution is 6.17. The van der Waals surface area contributed by atoms with Gasteiger partial charge in [0.25, 0.3) is 5.91 Å². The maximum absolute atomic E-state index is 16.9. The zero-order valence-corrected chi connectivity index (χ0v) is 30.5. The van der Waals surface area contributed by atoms with Gasteiger partial charge in [0, 0.05) is 67.7 Å². The third-order valence-electron chi connectivity index (χ3n) is 10.4. The summed E-state index contributed by atoms with van der Waals surface area (Å²) in [5.74, 6) is -7.90. The number of carboxylic acids is 1. The van der Waals surface area contributed by atoms with E-state index in [0.29, 0.717) is 30.2 Å². The molecule has 0 aromatic heterocycles. The van der Waals surface area contributed by atoms with Crippen LogP contribution in [0.5, 0.6) is 0 Å². The molecule has 0 atom stereocenters. The first-order valence-electron chi connectivity index (χ1n) is 18.1. The number of nitrogens with one attached hydrogen (secondary N) is 1. The summed E-state index contributed by atoms with van der Waals surface area (Å²) in [5, 5.41) is 14.9. The molecular formula is C40H45ClF3N3O5. The Morgan fingerprint density at radius 1 is 0.788 bits per heavy atom. The number of benzene rings is 3. The van der Waals surface area contributed by atoms with E-state index < -0.39 is 51.4 Å². The molecule has 3 aromatic carbocycles. The standard InChI is InChI=1S/C40H45ClF3N3O5/c1-40(2)29-23-25(46-15-7-16-46)9-11-27(29)31(28-12-10-26(24-30(28)40)47-17-8-18-47)32-33(39(49)50)36(43)37(44)34(35(32)42)38(48)45-14-20-52-22-21-51-19-6-4-3-5-13-41/h9-12,23-24H,3-8,13-22H2,1-2H3,(H-,45,48,49,50). The van der Waals surface area contributed by atoms with Crippen molar-refractivity contribution in [2.75, 3.05) is 74.8 Å². The van der Waals surface area contributed by atoms with Gasteiger partial charge < -0.3 is 34.5 Å². The van der Waals surface area contributed by atoms with Crippen LogP contribution in [0.3, 0.4) is 0 Å². The smallest absolute Gasteiger partial charge is 0.263 e. The number of carbonyl (C=O) groups excluding carboxylic acids is 2. The number of amides is 1. The van der Waals surface area contributed by atoms with Crippen molar-refractivity contribution in [3.8, 4) is 0 Å². The monoisotopic (exact) mass is 739 g/mol. The number of rotatable bonds is 17. The quantitative estimate of drug-likeness (QED) is 0.0774. The summed E-state index contributed by atoms with van der Waals surface area (Å²) in [6.07, 6.45) is 6.05. The summed E-state index contributed by atoms with van der Waals surface area (Å²) < 4.78 is 59.4. The lowest BCUT2D eigenvalue weighted by atomic mass is 9.63. The molecule has 6 rings (SSSR count). The Morgan fingerprint density at radius 2 is 1.33 bits per heavy atom. The lowest BCUT2D eigenvalue weighted by molar-refractivity contribution is -0.255. The van der Waals surface area contributed by atoms with Crippen LogP contribution in [0, 0.1) is 23.4 Å². The van der Waals surface area contributed by atoms with Crippen LogP contribution in [-0.2, 0) is 14.9 Å². The van der Waals surface area contributed by atoms with Crippen LogP contribution in [0.25, 0.3) is 0 Å². The number of ether oxygens (including phenoxy) is 2. The second-order valence-corrected chi connectivity index (χ2v) is 14.5. The molecule has 1 N–H and O–H groups in total. The Kier molecular flexibility index (Phi) is 11.9. The highest BCUT2D eigenvalue weighted by Crippen LogP contribution is 2.52. The van der Waals surface area contributed by atoms with E-state index in [-0.39, 0.29) is 25.7 Å². The Bertz CT molecular complexity index is 1730. The predicted octanol–water partition coefficient (Wildman–Crippen LogP) is 6.11. The Labute approximate surface area is 308 Å². The Balaban J connectivity index is 1.31. The fraction of sp³-hybridized carbons (Fsp3) is 0.475. The van der Waals surface area contributed by atoms with Crippen molar-refractivity contribution >= 4 is 34.9 Å². The normalized spacial score (nSPS) is 15.8. The molecule has 0 radical (unpaired) electrons. The van der Waals surface area contributed by atoms with Crippen LogP contribution in [0.15, 0.2) is 36.4 Å². The van der Waals surface area contributed by atoms with Crippen LogP contribution in [0.4, 0.5) is 24.5 Å². The molecular weight excluding hydrogens is 695 g/mol. The molecule has 2 saturated heterocycles. The third kappa shape index (κ3) is 7.45. The van der Waals surface area contributed by atoms with E-state index in [4.69, 9.17) is 21.1 Å². The van der Waals surface area contributed by atoms with Gasteiger partial charge in [-0.15, -0.1) is 11.6 Å². The first kappa shape index (κ1) is 37.8. The molecule has 2 fully saturated rings. The third-order valence-corrected chi connectivity index (χ3v) is 10.7. The summed E-state index contributed by atoms with van der Waals surface area (Å²) >= 11 is 5.68. The van der Waals surface area contributed by atoms with Crippen LogP contribution in [0.2, 0.25) is 0 Å². The topological polar surface area (TPSA) is 94.2 Å². The van der Waals surface area contributed by atoms with Gasteiger partial charge in [-0.3, -0.25) is 4.79 Å². The van der Waals surface area contributed by atoms with Gasteiger partial charge in [0.2, 0.25) is 0 Å². The minimum absolute atomic E-state index is 0.00639. The van der Waals surface area contributed by atoms with E-state index in [1.807, 2.05) is 38.1 Å². The number of fused-ring (bicyclic) bond motifs is 2. The van der Waals surface area contributed by atoms with E-state index in [0.717, 1.165) is 87.2 Å². The molecule has 278 valence electrons. The van der Waals surface area contributed by atoms with Crippen molar-refractivity contribution in [2.24, 2.45) is 0 Å². The largest absolute Gasteiger partial charge is 0.538 e. The van der Waals surface area contributed by atoms with Crippen molar-refractivity contribution in [3.63, 3.8) is 0 Å². The summed E-state index contributed by atoms with van der Waals surface area (Å²) in [4.78, 5) is 30.3. The summed E-state index contributed by atoms with van der Waals surface area (Å²) in [5.41, 5.74) is 0.512. The molecule has 0 saturated carbocycles. The van der Waals surface area contributed by atoms with Gasteiger partial charge >= 0.3 is 0 Å². The number of carbonyl (C=O) groups is 2. The SMILES string of the molecule is CC1(C)c2cc(N3CCC3)ccc2[C+](c2c(F)c(C(=O)NCCOCCOCCCCCCCl)c(F)c(F)c2C(=O)[O-])c2ccc(N3CCC3)cc21. The van der Waals surface area contributed by atoms with E-state index >= 15 is 13.2 Å². The molecule has 1 amide bonds. The van der Waals surface area contributed by atoms with Crippen LogP contribution >= 0.6 is 11.6 Å². The predicted molar refractivity (Wildman–Crippen MR) is 193 cm³/mol. The molecule has 2 heterocycles. The van der Waals surface area contributed by atoms with Gasteiger partial charge in [-0.2, -0.15) is 8.78 Å². The van der Waals surface area contributed by atoms with Crippen molar-refractivity contribution in [3.05, 3.63) is 98.7 Å². The average Bonchev–Trinajstić information content (AvgIpc) is 3.06. The number of hydrogen-bond acceptors (Lipinski definition) is 7. The Hall–Kier alpha value is -3.93. The number of unbranched alkanes of at least 4 members (excludes halogenated alkanes) is 3. The lowest BCUT2D eigenvalue weighted by Gasteiger charge is -2.39. The molecule has 0 unspecified atom stereocenters. The number of aromatic carboxylic acids is 1. The first-order valence-corrected chi connectivity index (χ1v) is 18.7. The molecule has 0 bridgehead atoms. The molecule has 52 heavy (non-hydrogen) atoms. The highest BCUT2D eigenvalue weighted by Gasteiger charge is 2.48. The van der Waals surface area contributed by atoms with Crippen molar-refractivity contribution in [2.45, 2.75) is 57.8 Å². The molecule has 3 aliphatic rings. The van der Waals surface area contributed by atoms with Gasteiger partial charge in [-0.05, 0) is 75.9 Å². The molecule has 12 heteroatoms. The number of alkyl halides is 1. The van der Waals surface area contributed by atoms with Gasteiger partial charge in [-0.25, -0.2) is 4.39 Å². The van der Waals surface area contributed by atoms with Crippen molar-refractivity contribution in [1.82, 2.24) is 5.32 Å². The summed E-state index contributed by atoms with van der Waals surface area (Å²) in [7, 11) is 0. The van der Waals surface area contributed by atoms with Gasteiger partial charge in [0.1, 0.15) is 17.1 Å². The van der Waals surface area contributed by atoms with Crippen LogP contribution < -0.4 is 20.2 Å². The maximum Gasteiger partial charge on any atom is 0.263 e. The minimum atomic E-state index is -2.10. The van der Waals surface area contributed by atoms with Crippen LogP contribution in [0.1, 0.15) is 101 Å². The van der Waals surface area contributed by atoms with Gasteiger partial charge in [-0.1, -0.05) is 12.8 Å². The first-order chi connectivity index (χ1) is 25.1. The fourth-order valence-corrected chi connectivity index (χ4v) is 7.41. The zero-order valence-electron chi connectivity index (χ0n) is 29.7. The zero-order chi connectivity index (χ0) is 37.0. The average molecular weight is 740 g/mol. The number of carboxylic acid groups (broad SMARTS) is 1. The van der Waals surface area contributed by atoms with E-state index in [1.165, 1.54) is 0 Å². The lowest BCUT2D eigenvalue weighted by Crippen LogP contribution is -2.39. The second-order valence-electron chi connectivity index (χ2n) is 14.1. The number of halogens is 4. The molecule has 8 nitrogen and oxygen atoms in total.